The van der Waals surface area contributed by atoms with Crippen LogP contribution in [0.1, 0.15) is 16.8 Å². The maximum Gasteiger partial charge on any atom is 0.387 e. The average Bonchev–Trinajstić information content (AvgIpc) is 2.73. The number of carbonyl (C=O) groups excluding carboxylic acids is 2. The molecule has 0 aliphatic rings. The van der Waals surface area contributed by atoms with E-state index in [-0.39, 0.29) is 30.0 Å². The molecule has 0 aliphatic carbocycles. The molecule has 0 aliphatic heterocycles. The van der Waals surface area contributed by atoms with E-state index in [1.807, 2.05) is 6.07 Å². The number of ether oxygens (including phenoxy) is 3. The van der Waals surface area contributed by atoms with E-state index in [1.165, 1.54) is 30.2 Å². The van der Waals surface area contributed by atoms with E-state index >= 15 is 0 Å². The van der Waals surface area contributed by atoms with Crippen LogP contribution >= 0.6 is 0 Å². The zero-order chi connectivity index (χ0) is 22.1. The predicted octanol–water partition coefficient (Wildman–Crippen LogP) is 3.54. The average molecular weight is 422 g/mol. The lowest BCUT2D eigenvalue weighted by Gasteiger charge is -2.21. The van der Waals surface area contributed by atoms with Gasteiger partial charge in [-0.1, -0.05) is 0 Å². The van der Waals surface area contributed by atoms with Crippen LogP contribution in [0.2, 0.25) is 0 Å². The maximum absolute atomic E-state index is 13.1. The fourth-order valence-electron chi connectivity index (χ4n) is 2.46. The SMILES string of the molecule is COc1cc(C(=O)OCC(=O)N(CCC#N)c2ccc(F)cc2)ccc1OC(F)F. The molecule has 2 rings (SSSR count). The van der Waals surface area contributed by atoms with Crippen LogP contribution in [0.5, 0.6) is 11.5 Å². The number of methoxy groups -OCH3 is 1. The highest BCUT2D eigenvalue weighted by Crippen LogP contribution is 2.29. The molecule has 2 aromatic rings. The number of nitriles is 1. The maximum atomic E-state index is 13.1. The van der Waals surface area contributed by atoms with Crippen LogP contribution < -0.4 is 14.4 Å². The Morgan fingerprint density at radius 1 is 1.13 bits per heavy atom. The molecule has 158 valence electrons. The number of rotatable bonds is 9. The number of hydrogen-bond donors (Lipinski definition) is 0. The first kappa shape index (κ1) is 22.5. The van der Waals surface area contributed by atoms with Gasteiger partial charge in [0, 0.05) is 12.2 Å². The van der Waals surface area contributed by atoms with Crippen LogP contribution in [-0.4, -0.2) is 38.7 Å². The van der Waals surface area contributed by atoms with Crippen molar-refractivity contribution < 1.29 is 37.0 Å². The van der Waals surface area contributed by atoms with Gasteiger partial charge in [0.05, 0.1) is 25.2 Å². The molecule has 0 bridgehead atoms. The Labute approximate surface area is 170 Å². The number of anilines is 1. The molecule has 0 aromatic heterocycles. The zero-order valence-corrected chi connectivity index (χ0v) is 15.8. The summed E-state index contributed by atoms with van der Waals surface area (Å²) in [6.07, 6.45) is 0.0138. The third-order valence-electron chi connectivity index (χ3n) is 3.83. The summed E-state index contributed by atoms with van der Waals surface area (Å²) < 4.78 is 52.0. The number of amides is 1. The highest BCUT2D eigenvalue weighted by Gasteiger charge is 2.20. The van der Waals surface area contributed by atoms with Gasteiger partial charge in [0.15, 0.2) is 18.1 Å². The van der Waals surface area contributed by atoms with Gasteiger partial charge in [-0.2, -0.15) is 14.0 Å². The number of nitrogens with zero attached hydrogens (tertiary/aromatic N) is 2. The number of hydrogen-bond acceptors (Lipinski definition) is 6. The smallest absolute Gasteiger partial charge is 0.387 e. The molecule has 0 heterocycles. The third kappa shape index (κ3) is 6.13. The first-order chi connectivity index (χ1) is 14.3. The van der Waals surface area contributed by atoms with Crippen molar-refractivity contribution in [3.63, 3.8) is 0 Å². The second kappa shape index (κ2) is 10.7. The first-order valence-corrected chi connectivity index (χ1v) is 8.58. The number of halogens is 3. The fraction of sp³-hybridized carbons (Fsp3) is 0.250. The number of esters is 1. The number of carbonyl (C=O) groups is 2. The van der Waals surface area contributed by atoms with Gasteiger partial charge in [-0.15, -0.1) is 0 Å². The van der Waals surface area contributed by atoms with Crippen LogP contribution in [0, 0.1) is 17.1 Å². The van der Waals surface area contributed by atoms with Crippen molar-refractivity contribution in [2.24, 2.45) is 0 Å². The molecule has 7 nitrogen and oxygen atoms in total. The van der Waals surface area contributed by atoms with Crippen LogP contribution in [0.25, 0.3) is 0 Å². The first-order valence-electron chi connectivity index (χ1n) is 8.58. The Bertz CT molecular complexity index is 929. The van der Waals surface area contributed by atoms with Gasteiger partial charge < -0.3 is 19.1 Å². The van der Waals surface area contributed by atoms with Crippen molar-refractivity contribution in [2.45, 2.75) is 13.0 Å². The van der Waals surface area contributed by atoms with Gasteiger partial charge >= 0.3 is 12.6 Å². The number of benzene rings is 2. The summed E-state index contributed by atoms with van der Waals surface area (Å²) in [5.74, 6) is -2.40. The van der Waals surface area contributed by atoms with Crippen LogP contribution in [0.4, 0.5) is 18.9 Å². The van der Waals surface area contributed by atoms with Crippen molar-refractivity contribution in [2.75, 3.05) is 25.2 Å². The van der Waals surface area contributed by atoms with E-state index in [0.717, 1.165) is 24.3 Å². The van der Waals surface area contributed by atoms with Crippen LogP contribution in [0.15, 0.2) is 42.5 Å². The van der Waals surface area contributed by atoms with Gasteiger partial charge in [0.2, 0.25) is 0 Å². The van der Waals surface area contributed by atoms with Gasteiger partial charge in [-0.25, -0.2) is 9.18 Å². The molecule has 10 heteroatoms. The van der Waals surface area contributed by atoms with Gasteiger partial charge in [-0.05, 0) is 42.5 Å². The van der Waals surface area contributed by atoms with Crippen molar-refractivity contribution in [1.29, 1.82) is 5.26 Å². The summed E-state index contributed by atoms with van der Waals surface area (Å²) in [7, 11) is 1.21. The lowest BCUT2D eigenvalue weighted by molar-refractivity contribution is -0.121. The Morgan fingerprint density at radius 3 is 2.43 bits per heavy atom. The van der Waals surface area contributed by atoms with E-state index < -0.39 is 30.9 Å². The normalized spacial score (nSPS) is 10.3. The highest BCUT2D eigenvalue weighted by molar-refractivity contribution is 5.97. The predicted molar refractivity (Wildman–Crippen MR) is 98.9 cm³/mol. The lowest BCUT2D eigenvalue weighted by atomic mass is 10.2. The standard InChI is InChI=1S/C20H17F3N2O5/c1-28-17-11-13(3-8-16(17)30-20(22)23)19(27)29-12-18(26)25(10-2-9-24)15-6-4-14(21)5-7-15/h3-8,11,20H,2,10,12H2,1H3. The highest BCUT2D eigenvalue weighted by atomic mass is 19.3. The van der Waals surface area contributed by atoms with E-state index in [9.17, 15) is 22.8 Å². The molecular weight excluding hydrogens is 405 g/mol. The number of alkyl halides is 2. The molecular formula is C20H17F3N2O5. The molecule has 0 unspecified atom stereocenters. The molecule has 30 heavy (non-hydrogen) atoms. The van der Waals surface area contributed by atoms with Crippen molar-refractivity contribution in [3.8, 4) is 17.6 Å². The molecule has 0 N–H and O–H groups in total. The van der Waals surface area contributed by atoms with E-state index in [0.29, 0.717) is 5.69 Å². The largest absolute Gasteiger partial charge is 0.493 e. The van der Waals surface area contributed by atoms with Crippen molar-refractivity contribution >= 4 is 17.6 Å². The van der Waals surface area contributed by atoms with E-state index in [1.54, 1.807) is 0 Å². The second-order valence-corrected chi connectivity index (χ2v) is 5.75. The molecule has 0 saturated carbocycles. The molecule has 0 radical (unpaired) electrons. The van der Waals surface area contributed by atoms with E-state index in [2.05, 4.69) is 4.74 Å². The zero-order valence-electron chi connectivity index (χ0n) is 15.8. The molecule has 0 atom stereocenters. The quantitative estimate of drug-likeness (QED) is 0.575. The summed E-state index contributed by atoms with van der Waals surface area (Å²) in [5, 5.41) is 8.78. The summed E-state index contributed by atoms with van der Waals surface area (Å²) in [5.41, 5.74) is 0.287. The van der Waals surface area contributed by atoms with Gasteiger partial charge in [-0.3, -0.25) is 4.79 Å². The fourth-order valence-corrected chi connectivity index (χ4v) is 2.46. The molecule has 0 saturated heterocycles. The van der Waals surface area contributed by atoms with Gasteiger partial charge in [0.1, 0.15) is 5.82 Å². The van der Waals surface area contributed by atoms with Crippen LogP contribution in [0.3, 0.4) is 0 Å². The molecule has 0 spiro atoms. The Morgan fingerprint density at radius 2 is 1.83 bits per heavy atom. The molecule has 2 aromatic carbocycles. The topological polar surface area (TPSA) is 88.9 Å². The summed E-state index contributed by atoms with van der Waals surface area (Å²) in [4.78, 5) is 25.9. The second-order valence-electron chi connectivity index (χ2n) is 5.75. The summed E-state index contributed by atoms with van der Waals surface area (Å²) in [6.45, 7) is -3.70. The molecule has 0 fully saturated rings. The van der Waals surface area contributed by atoms with Crippen molar-refractivity contribution in [1.82, 2.24) is 0 Å². The van der Waals surface area contributed by atoms with Crippen LogP contribution in [-0.2, 0) is 9.53 Å². The minimum Gasteiger partial charge on any atom is -0.493 e. The summed E-state index contributed by atoms with van der Waals surface area (Å²) in [6, 6.07) is 10.4. The van der Waals surface area contributed by atoms with Gasteiger partial charge in [0.25, 0.3) is 5.91 Å². The third-order valence-corrected chi connectivity index (χ3v) is 3.83. The Kier molecular flexibility index (Phi) is 8.05. The Balaban J connectivity index is 2.08. The minimum absolute atomic E-state index is 0.0138. The minimum atomic E-state index is -3.07. The lowest BCUT2D eigenvalue weighted by Crippen LogP contribution is -2.35. The van der Waals surface area contributed by atoms with Crippen molar-refractivity contribution in [3.05, 3.63) is 53.8 Å². The summed E-state index contributed by atoms with van der Waals surface area (Å²) >= 11 is 0. The Hall–Kier alpha value is -3.74. The molecule has 1 amide bonds. The van der Waals surface area contributed by atoms with E-state index in [4.69, 9.17) is 14.7 Å². The monoisotopic (exact) mass is 422 g/mol.